The second-order valence-electron chi connectivity index (χ2n) is 5.70. The van der Waals surface area contributed by atoms with E-state index in [-0.39, 0.29) is 22.1 Å². The van der Waals surface area contributed by atoms with Gasteiger partial charge in [0.05, 0.1) is 28.6 Å². The molecule has 9 heteroatoms. The van der Waals surface area contributed by atoms with Gasteiger partial charge in [-0.1, -0.05) is 23.7 Å². The van der Waals surface area contributed by atoms with Crippen LogP contribution in [0.15, 0.2) is 36.5 Å². The van der Waals surface area contributed by atoms with Gasteiger partial charge in [0.25, 0.3) is 5.91 Å². The van der Waals surface area contributed by atoms with Crippen molar-refractivity contribution in [3.05, 3.63) is 58.5 Å². The first-order valence-electron chi connectivity index (χ1n) is 8.01. The summed E-state index contributed by atoms with van der Waals surface area (Å²) in [6.07, 6.45) is -3.80. The highest BCUT2D eigenvalue weighted by Gasteiger charge is 2.33. The van der Waals surface area contributed by atoms with Gasteiger partial charge in [-0.15, -0.1) is 0 Å². The molecule has 0 atom stereocenters. The van der Waals surface area contributed by atoms with E-state index >= 15 is 0 Å². The van der Waals surface area contributed by atoms with Crippen LogP contribution in [-0.2, 0) is 6.18 Å². The van der Waals surface area contributed by atoms with Crippen molar-refractivity contribution in [2.24, 2.45) is 0 Å². The van der Waals surface area contributed by atoms with Gasteiger partial charge < -0.3 is 10.1 Å². The first-order chi connectivity index (χ1) is 12.7. The zero-order valence-corrected chi connectivity index (χ0v) is 15.1. The van der Waals surface area contributed by atoms with Crippen LogP contribution in [0.4, 0.5) is 18.9 Å². The molecule has 2 aromatic heterocycles. The third-order valence-electron chi connectivity index (χ3n) is 3.83. The molecule has 2 heterocycles. The lowest BCUT2D eigenvalue weighted by Crippen LogP contribution is -2.17. The van der Waals surface area contributed by atoms with E-state index in [1.807, 2.05) is 0 Å². The number of benzene rings is 1. The van der Waals surface area contributed by atoms with Crippen LogP contribution in [-0.4, -0.2) is 21.9 Å². The number of amides is 1. The highest BCUT2D eigenvalue weighted by atomic mass is 35.5. The topological polar surface area (TPSA) is 55.6 Å². The van der Waals surface area contributed by atoms with Crippen LogP contribution in [0.5, 0.6) is 5.75 Å². The largest absolute Gasteiger partial charge is 0.492 e. The third kappa shape index (κ3) is 3.71. The van der Waals surface area contributed by atoms with Crippen molar-refractivity contribution >= 4 is 28.8 Å². The van der Waals surface area contributed by atoms with Crippen LogP contribution in [0.2, 0.25) is 5.02 Å². The number of hydrogen-bond donors (Lipinski definition) is 1. The van der Waals surface area contributed by atoms with Gasteiger partial charge >= 0.3 is 6.18 Å². The predicted octanol–water partition coefficient (Wildman–Crippen LogP) is 4.97. The standard InChI is InChI=1S/C18H15ClF3N3O2/c1-3-27-14-7-5-4-6-13(14)24-17(26)15-10(2)23-16-12(19)8-11(9-25(15)16)18(20,21)22/h4-9H,3H2,1-2H3,(H,24,26). The van der Waals surface area contributed by atoms with E-state index in [2.05, 4.69) is 10.3 Å². The Labute approximate surface area is 157 Å². The minimum atomic E-state index is -4.61. The van der Waals surface area contributed by atoms with Gasteiger partial charge in [0.2, 0.25) is 0 Å². The molecule has 0 saturated heterocycles. The SMILES string of the molecule is CCOc1ccccc1NC(=O)c1c(C)nc2c(Cl)cc(C(F)(F)F)cn12. The smallest absolute Gasteiger partial charge is 0.417 e. The Morgan fingerprint density at radius 2 is 2.04 bits per heavy atom. The minimum Gasteiger partial charge on any atom is -0.492 e. The second kappa shape index (κ2) is 7.11. The average molecular weight is 398 g/mol. The second-order valence-corrected chi connectivity index (χ2v) is 6.10. The van der Waals surface area contributed by atoms with Gasteiger partial charge in [0.1, 0.15) is 11.4 Å². The zero-order chi connectivity index (χ0) is 19.8. The maximum atomic E-state index is 13.1. The molecule has 3 rings (SSSR count). The number of ether oxygens (including phenoxy) is 1. The Morgan fingerprint density at radius 1 is 1.33 bits per heavy atom. The molecule has 0 saturated carbocycles. The normalized spacial score (nSPS) is 11.6. The summed E-state index contributed by atoms with van der Waals surface area (Å²) >= 11 is 5.95. The Hall–Kier alpha value is -2.74. The molecule has 5 nitrogen and oxygen atoms in total. The van der Waals surface area contributed by atoms with Gasteiger partial charge in [-0.05, 0) is 32.0 Å². The van der Waals surface area contributed by atoms with Gasteiger partial charge in [-0.3, -0.25) is 9.20 Å². The highest BCUT2D eigenvalue weighted by molar-refractivity contribution is 6.33. The number of rotatable bonds is 4. The van der Waals surface area contributed by atoms with Crippen molar-refractivity contribution in [2.45, 2.75) is 20.0 Å². The fourth-order valence-corrected chi connectivity index (χ4v) is 2.93. The van der Waals surface area contributed by atoms with Crippen molar-refractivity contribution < 1.29 is 22.7 Å². The van der Waals surface area contributed by atoms with Crippen molar-refractivity contribution in [3.63, 3.8) is 0 Å². The molecular weight excluding hydrogens is 383 g/mol. The molecular formula is C18H15ClF3N3O2. The third-order valence-corrected chi connectivity index (χ3v) is 4.11. The van der Waals surface area contributed by atoms with Crippen molar-refractivity contribution in [2.75, 3.05) is 11.9 Å². The number of alkyl halides is 3. The van der Waals surface area contributed by atoms with E-state index in [0.29, 0.717) is 18.0 Å². The monoisotopic (exact) mass is 397 g/mol. The average Bonchev–Trinajstić information content (AvgIpc) is 2.93. The molecule has 0 unspecified atom stereocenters. The summed E-state index contributed by atoms with van der Waals surface area (Å²) in [5.41, 5.74) is -0.282. The summed E-state index contributed by atoms with van der Waals surface area (Å²) in [7, 11) is 0. The van der Waals surface area contributed by atoms with Crippen molar-refractivity contribution in [1.29, 1.82) is 0 Å². The van der Waals surface area contributed by atoms with Crippen LogP contribution in [0.25, 0.3) is 5.65 Å². The lowest BCUT2D eigenvalue weighted by Gasteiger charge is -2.12. The summed E-state index contributed by atoms with van der Waals surface area (Å²) in [5, 5.41) is 2.47. The maximum absolute atomic E-state index is 13.1. The molecule has 142 valence electrons. The number of imidazole rings is 1. The minimum absolute atomic E-state index is 0.0377. The van der Waals surface area contributed by atoms with Gasteiger partial charge in [-0.2, -0.15) is 13.2 Å². The van der Waals surface area contributed by atoms with E-state index in [0.717, 1.165) is 16.7 Å². The summed E-state index contributed by atoms with van der Waals surface area (Å²) in [5.74, 6) is -0.170. The number of pyridine rings is 1. The number of anilines is 1. The van der Waals surface area contributed by atoms with Crippen LogP contribution < -0.4 is 10.1 Å². The number of aryl methyl sites for hydroxylation is 1. The number of halogens is 4. The Kier molecular flexibility index (Phi) is 5.01. The van der Waals surface area contributed by atoms with E-state index in [1.54, 1.807) is 31.2 Å². The summed E-state index contributed by atoms with van der Waals surface area (Å²) in [6, 6.07) is 7.55. The summed E-state index contributed by atoms with van der Waals surface area (Å²) in [6.45, 7) is 3.72. The van der Waals surface area contributed by atoms with Crippen LogP contribution in [0.1, 0.15) is 28.7 Å². The van der Waals surface area contributed by atoms with E-state index in [1.165, 1.54) is 6.92 Å². The number of hydrogen-bond acceptors (Lipinski definition) is 3. The van der Waals surface area contributed by atoms with Gasteiger partial charge in [0.15, 0.2) is 5.65 Å². The molecule has 27 heavy (non-hydrogen) atoms. The first-order valence-corrected chi connectivity index (χ1v) is 8.38. The molecule has 1 N–H and O–H groups in total. The number of nitrogens with zero attached hydrogens (tertiary/aromatic N) is 2. The molecule has 0 aliphatic rings. The van der Waals surface area contributed by atoms with Crippen molar-refractivity contribution in [1.82, 2.24) is 9.38 Å². The Morgan fingerprint density at radius 3 is 2.70 bits per heavy atom. The zero-order valence-electron chi connectivity index (χ0n) is 14.4. The number of fused-ring (bicyclic) bond motifs is 1. The number of carbonyl (C=O) groups excluding carboxylic acids is 1. The van der Waals surface area contributed by atoms with Crippen LogP contribution >= 0.6 is 11.6 Å². The molecule has 0 radical (unpaired) electrons. The Bertz CT molecular complexity index is 1010. The molecule has 0 spiro atoms. The van der Waals surface area contributed by atoms with E-state index < -0.39 is 17.6 Å². The molecule has 0 aliphatic heterocycles. The Balaban J connectivity index is 2.07. The molecule has 1 amide bonds. The van der Waals surface area contributed by atoms with Gasteiger partial charge in [-0.25, -0.2) is 4.98 Å². The first kappa shape index (κ1) is 19.0. The maximum Gasteiger partial charge on any atom is 0.417 e. The molecule has 0 aliphatic carbocycles. The summed E-state index contributed by atoms with van der Waals surface area (Å²) in [4.78, 5) is 16.9. The molecule has 3 aromatic rings. The lowest BCUT2D eigenvalue weighted by atomic mass is 10.2. The molecule has 1 aromatic carbocycles. The number of carbonyl (C=O) groups is 1. The predicted molar refractivity (Wildman–Crippen MR) is 95.5 cm³/mol. The van der Waals surface area contributed by atoms with E-state index in [4.69, 9.17) is 16.3 Å². The number of para-hydroxylation sites is 2. The summed E-state index contributed by atoms with van der Waals surface area (Å²) < 4.78 is 45.8. The fraction of sp³-hybridized carbons (Fsp3) is 0.222. The highest BCUT2D eigenvalue weighted by Crippen LogP contribution is 2.33. The van der Waals surface area contributed by atoms with Crippen molar-refractivity contribution in [3.8, 4) is 5.75 Å². The quantitative estimate of drug-likeness (QED) is 0.676. The fourth-order valence-electron chi connectivity index (χ4n) is 2.68. The van der Waals surface area contributed by atoms with Crippen LogP contribution in [0, 0.1) is 6.92 Å². The molecule has 0 bridgehead atoms. The van der Waals surface area contributed by atoms with Gasteiger partial charge in [0, 0.05) is 6.20 Å². The molecule has 0 fully saturated rings. The number of nitrogens with one attached hydrogen (secondary N) is 1. The number of aromatic nitrogens is 2. The lowest BCUT2D eigenvalue weighted by molar-refractivity contribution is -0.137. The van der Waals surface area contributed by atoms with E-state index in [9.17, 15) is 18.0 Å². The van der Waals surface area contributed by atoms with Crippen LogP contribution in [0.3, 0.4) is 0 Å².